The SMILES string of the molecule is Cc1ccccc1NC(=O)C(C)n1nc(-c2cccs2)ccc1=O. The molecule has 0 fully saturated rings. The Morgan fingerprint density at radius 1 is 1.17 bits per heavy atom. The molecule has 3 aromatic rings. The molecule has 1 unspecified atom stereocenters. The molecule has 1 amide bonds. The highest BCUT2D eigenvalue weighted by Crippen LogP contribution is 2.22. The number of hydrogen-bond donors (Lipinski definition) is 1. The maximum absolute atomic E-state index is 12.5. The third-order valence-electron chi connectivity index (χ3n) is 3.75. The van der Waals surface area contributed by atoms with Crippen LogP contribution in [0.2, 0.25) is 0 Å². The number of carbonyl (C=O) groups is 1. The number of hydrogen-bond acceptors (Lipinski definition) is 4. The summed E-state index contributed by atoms with van der Waals surface area (Å²) in [6, 6.07) is 13.8. The molecule has 0 aliphatic rings. The van der Waals surface area contributed by atoms with E-state index in [9.17, 15) is 9.59 Å². The molecule has 5 nitrogen and oxygen atoms in total. The minimum atomic E-state index is -0.711. The largest absolute Gasteiger partial charge is 0.324 e. The molecular weight excluding hydrogens is 322 g/mol. The predicted octanol–water partition coefficient (Wildman–Crippen LogP) is 3.48. The number of rotatable bonds is 4. The quantitative estimate of drug-likeness (QED) is 0.791. The van der Waals surface area contributed by atoms with Crippen LogP contribution < -0.4 is 10.9 Å². The van der Waals surface area contributed by atoms with Crippen LogP contribution in [0, 0.1) is 6.92 Å². The van der Waals surface area contributed by atoms with Gasteiger partial charge in [-0.3, -0.25) is 9.59 Å². The zero-order chi connectivity index (χ0) is 17.1. The highest BCUT2D eigenvalue weighted by Gasteiger charge is 2.18. The van der Waals surface area contributed by atoms with Gasteiger partial charge in [0.15, 0.2) is 0 Å². The molecule has 3 rings (SSSR count). The van der Waals surface area contributed by atoms with Crippen molar-refractivity contribution in [2.75, 3.05) is 5.32 Å². The van der Waals surface area contributed by atoms with Crippen molar-refractivity contribution in [3.05, 3.63) is 69.8 Å². The Kier molecular flexibility index (Phi) is 4.57. The van der Waals surface area contributed by atoms with Crippen LogP contribution in [0.3, 0.4) is 0 Å². The third kappa shape index (κ3) is 3.28. The predicted molar refractivity (Wildman–Crippen MR) is 96.3 cm³/mol. The average molecular weight is 339 g/mol. The number of anilines is 1. The number of thiophene rings is 1. The lowest BCUT2D eigenvalue weighted by Gasteiger charge is -2.15. The molecule has 2 aromatic heterocycles. The van der Waals surface area contributed by atoms with E-state index in [1.165, 1.54) is 22.1 Å². The normalized spacial score (nSPS) is 11.9. The van der Waals surface area contributed by atoms with Gasteiger partial charge in [0.2, 0.25) is 5.91 Å². The van der Waals surface area contributed by atoms with Crippen molar-refractivity contribution >= 4 is 22.9 Å². The summed E-state index contributed by atoms with van der Waals surface area (Å²) in [5.74, 6) is -0.276. The molecule has 1 N–H and O–H groups in total. The van der Waals surface area contributed by atoms with Crippen molar-refractivity contribution in [3.63, 3.8) is 0 Å². The Morgan fingerprint density at radius 2 is 1.96 bits per heavy atom. The fraction of sp³-hybridized carbons (Fsp3) is 0.167. The van der Waals surface area contributed by atoms with Crippen LogP contribution in [0.4, 0.5) is 5.69 Å². The fourth-order valence-corrected chi connectivity index (χ4v) is 3.01. The van der Waals surface area contributed by atoms with Crippen molar-refractivity contribution in [2.24, 2.45) is 0 Å². The van der Waals surface area contributed by atoms with Gasteiger partial charge in [0, 0.05) is 11.8 Å². The Balaban J connectivity index is 1.88. The molecule has 122 valence electrons. The van der Waals surface area contributed by atoms with Crippen LogP contribution in [0.25, 0.3) is 10.6 Å². The van der Waals surface area contributed by atoms with Crippen LogP contribution in [-0.2, 0) is 4.79 Å². The first kappa shape index (κ1) is 16.1. The number of para-hydroxylation sites is 1. The van der Waals surface area contributed by atoms with E-state index in [-0.39, 0.29) is 11.5 Å². The molecule has 1 atom stereocenters. The minimum absolute atomic E-state index is 0.276. The average Bonchev–Trinajstić information content (AvgIpc) is 3.11. The molecule has 0 saturated carbocycles. The van der Waals surface area contributed by atoms with Gasteiger partial charge in [-0.2, -0.15) is 5.10 Å². The summed E-state index contributed by atoms with van der Waals surface area (Å²) in [5.41, 5.74) is 2.07. The van der Waals surface area contributed by atoms with Crippen LogP contribution >= 0.6 is 11.3 Å². The topological polar surface area (TPSA) is 64.0 Å². The molecule has 1 aromatic carbocycles. The Morgan fingerprint density at radius 3 is 2.67 bits per heavy atom. The second-order valence-electron chi connectivity index (χ2n) is 5.46. The number of aromatic nitrogens is 2. The Bertz CT molecular complexity index is 916. The lowest BCUT2D eigenvalue weighted by atomic mass is 10.2. The zero-order valence-electron chi connectivity index (χ0n) is 13.4. The Hall–Kier alpha value is -2.73. The number of nitrogens with zero attached hydrogens (tertiary/aromatic N) is 2. The standard InChI is InChI=1S/C18H17N3O2S/c1-12-6-3-4-7-14(12)19-18(23)13(2)21-17(22)10-9-15(20-21)16-8-5-11-24-16/h3-11,13H,1-2H3,(H,19,23). The molecular formula is C18H17N3O2S. The molecule has 6 heteroatoms. The molecule has 0 saturated heterocycles. The van der Waals surface area contributed by atoms with Crippen molar-refractivity contribution in [2.45, 2.75) is 19.9 Å². The first-order valence-corrected chi connectivity index (χ1v) is 8.44. The molecule has 0 spiro atoms. The lowest BCUT2D eigenvalue weighted by molar-refractivity contribution is -0.119. The van der Waals surface area contributed by atoms with E-state index in [4.69, 9.17) is 0 Å². The van der Waals surface area contributed by atoms with Gasteiger partial charge in [-0.25, -0.2) is 4.68 Å². The van der Waals surface area contributed by atoms with Gasteiger partial charge in [-0.1, -0.05) is 24.3 Å². The highest BCUT2D eigenvalue weighted by atomic mass is 32.1. The van der Waals surface area contributed by atoms with Gasteiger partial charge in [-0.15, -0.1) is 11.3 Å². The van der Waals surface area contributed by atoms with Gasteiger partial charge in [-0.05, 0) is 43.0 Å². The lowest BCUT2D eigenvalue weighted by Crippen LogP contribution is -2.33. The van der Waals surface area contributed by atoms with Crippen LogP contribution in [0.1, 0.15) is 18.5 Å². The van der Waals surface area contributed by atoms with Crippen LogP contribution in [-0.4, -0.2) is 15.7 Å². The van der Waals surface area contributed by atoms with Gasteiger partial charge >= 0.3 is 0 Å². The van der Waals surface area contributed by atoms with Gasteiger partial charge in [0.1, 0.15) is 11.7 Å². The van der Waals surface area contributed by atoms with E-state index in [0.717, 1.165) is 16.1 Å². The van der Waals surface area contributed by atoms with E-state index < -0.39 is 6.04 Å². The van der Waals surface area contributed by atoms with E-state index >= 15 is 0 Å². The summed E-state index contributed by atoms with van der Waals surface area (Å²) in [5, 5.41) is 9.15. The summed E-state index contributed by atoms with van der Waals surface area (Å²) >= 11 is 1.54. The maximum atomic E-state index is 12.5. The first-order valence-electron chi connectivity index (χ1n) is 7.56. The highest BCUT2D eigenvalue weighted by molar-refractivity contribution is 7.13. The summed E-state index contributed by atoms with van der Waals surface area (Å²) in [4.78, 5) is 25.6. The van der Waals surface area contributed by atoms with E-state index in [1.54, 1.807) is 13.0 Å². The van der Waals surface area contributed by atoms with Gasteiger partial charge < -0.3 is 5.32 Å². The summed E-state index contributed by atoms with van der Waals surface area (Å²) in [6.07, 6.45) is 0. The smallest absolute Gasteiger partial charge is 0.267 e. The monoisotopic (exact) mass is 339 g/mol. The number of amides is 1. The number of nitrogens with one attached hydrogen (secondary N) is 1. The van der Waals surface area contributed by atoms with E-state index in [2.05, 4.69) is 10.4 Å². The number of benzene rings is 1. The van der Waals surface area contributed by atoms with E-state index in [0.29, 0.717) is 5.69 Å². The second kappa shape index (κ2) is 6.80. The molecule has 0 aliphatic carbocycles. The molecule has 2 heterocycles. The van der Waals surface area contributed by atoms with Crippen molar-refractivity contribution in [1.82, 2.24) is 9.78 Å². The van der Waals surface area contributed by atoms with Crippen molar-refractivity contribution < 1.29 is 4.79 Å². The first-order chi connectivity index (χ1) is 11.6. The molecule has 24 heavy (non-hydrogen) atoms. The zero-order valence-corrected chi connectivity index (χ0v) is 14.2. The van der Waals surface area contributed by atoms with E-state index in [1.807, 2.05) is 48.7 Å². The van der Waals surface area contributed by atoms with Crippen molar-refractivity contribution in [1.29, 1.82) is 0 Å². The summed E-state index contributed by atoms with van der Waals surface area (Å²) in [6.45, 7) is 3.59. The fourth-order valence-electron chi connectivity index (χ4n) is 2.32. The van der Waals surface area contributed by atoms with Crippen LogP contribution in [0.5, 0.6) is 0 Å². The molecule has 0 aliphatic heterocycles. The molecule has 0 radical (unpaired) electrons. The second-order valence-corrected chi connectivity index (χ2v) is 6.41. The maximum Gasteiger partial charge on any atom is 0.267 e. The summed E-state index contributed by atoms with van der Waals surface area (Å²) < 4.78 is 1.22. The summed E-state index contributed by atoms with van der Waals surface area (Å²) in [7, 11) is 0. The molecule has 0 bridgehead atoms. The van der Waals surface area contributed by atoms with Gasteiger partial charge in [0.05, 0.1) is 4.88 Å². The Labute approximate surface area is 143 Å². The van der Waals surface area contributed by atoms with Crippen molar-refractivity contribution in [3.8, 4) is 10.6 Å². The number of aryl methyl sites for hydroxylation is 1. The minimum Gasteiger partial charge on any atom is -0.324 e. The van der Waals surface area contributed by atoms with Crippen LogP contribution in [0.15, 0.2) is 58.7 Å². The third-order valence-corrected chi connectivity index (χ3v) is 4.64. The van der Waals surface area contributed by atoms with Gasteiger partial charge in [0.25, 0.3) is 5.56 Å². The number of carbonyl (C=O) groups excluding carboxylic acids is 1.